The molecule has 9 heteroatoms. The number of aryl methyl sites for hydroxylation is 1. The van der Waals surface area contributed by atoms with Crippen molar-refractivity contribution in [3.63, 3.8) is 0 Å². The Morgan fingerprint density at radius 1 is 1.14 bits per heavy atom. The summed E-state index contributed by atoms with van der Waals surface area (Å²) in [4.78, 5) is 31.8. The average Bonchev–Trinajstić information content (AvgIpc) is 3.07. The number of aromatic nitrogens is 3. The summed E-state index contributed by atoms with van der Waals surface area (Å²) in [7, 11) is 0. The van der Waals surface area contributed by atoms with Crippen LogP contribution in [0.2, 0.25) is 5.02 Å². The number of halogens is 1. The van der Waals surface area contributed by atoms with Crippen LogP contribution in [-0.2, 0) is 27.3 Å². The van der Waals surface area contributed by atoms with Gasteiger partial charge in [-0.15, -0.1) is 0 Å². The topological polar surface area (TPSA) is 88.8 Å². The fourth-order valence-corrected chi connectivity index (χ4v) is 6.56. The molecule has 3 fully saturated rings. The van der Waals surface area contributed by atoms with E-state index in [0.29, 0.717) is 11.4 Å². The summed E-state index contributed by atoms with van der Waals surface area (Å²) in [6.07, 6.45) is 4.13. The number of carbonyl (C=O) groups is 2. The molecule has 0 spiro atoms. The van der Waals surface area contributed by atoms with Crippen molar-refractivity contribution in [2.45, 2.75) is 59.3 Å². The van der Waals surface area contributed by atoms with Crippen LogP contribution in [0.3, 0.4) is 0 Å². The van der Waals surface area contributed by atoms with E-state index in [-0.39, 0.29) is 47.3 Å². The number of hydrogen-bond donors (Lipinski definition) is 1. The number of hydrogen-bond acceptors (Lipinski definition) is 6. The molecule has 3 atom stereocenters. The third kappa shape index (κ3) is 4.06. The fraction of sp³-hybridized carbons (Fsp3) is 0.500. The molecule has 8 nitrogen and oxygen atoms in total. The summed E-state index contributed by atoms with van der Waals surface area (Å²) >= 11 is 6.53. The lowest BCUT2D eigenvalue weighted by molar-refractivity contribution is -0.143. The largest absolute Gasteiger partial charge is 0.369 e. The third-order valence-electron chi connectivity index (χ3n) is 8.23. The average molecular weight is 522 g/mol. The monoisotopic (exact) mass is 521 g/mol. The molecule has 2 amide bonds. The van der Waals surface area contributed by atoms with Crippen molar-refractivity contribution < 1.29 is 14.3 Å². The van der Waals surface area contributed by atoms with Crippen LogP contribution in [0, 0.1) is 24.2 Å². The first kappa shape index (κ1) is 24.5. The van der Waals surface area contributed by atoms with Crippen LogP contribution in [-0.4, -0.2) is 56.1 Å². The number of nitrogens with one attached hydrogen (secondary N) is 1. The van der Waals surface area contributed by atoms with E-state index in [1.54, 1.807) is 4.52 Å². The number of rotatable bonds is 5. The van der Waals surface area contributed by atoms with E-state index in [0.717, 1.165) is 46.6 Å². The number of likely N-dealkylation sites (tertiary alicyclic amines) is 1. The van der Waals surface area contributed by atoms with Crippen LogP contribution in [0.4, 0.5) is 0 Å². The minimum absolute atomic E-state index is 0.0189. The normalized spacial score (nSPS) is 26.1. The van der Waals surface area contributed by atoms with E-state index in [1.165, 1.54) is 11.2 Å². The van der Waals surface area contributed by atoms with E-state index < -0.39 is 0 Å². The molecule has 1 aromatic carbocycles. The smallest absolute Gasteiger partial charge is 0.233 e. The predicted molar refractivity (Wildman–Crippen MR) is 140 cm³/mol. The van der Waals surface area contributed by atoms with E-state index in [2.05, 4.69) is 36.2 Å². The Labute approximate surface area is 221 Å². The molecule has 0 radical (unpaired) electrons. The van der Waals surface area contributed by atoms with Gasteiger partial charge >= 0.3 is 0 Å². The van der Waals surface area contributed by atoms with E-state index in [4.69, 9.17) is 16.3 Å². The van der Waals surface area contributed by atoms with Gasteiger partial charge in [0.25, 0.3) is 0 Å². The maximum Gasteiger partial charge on any atom is 0.233 e. The Kier molecular flexibility index (Phi) is 5.53. The second-order valence-electron chi connectivity index (χ2n) is 11.9. The van der Waals surface area contributed by atoms with Gasteiger partial charge in [0.2, 0.25) is 11.8 Å². The van der Waals surface area contributed by atoms with Crippen molar-refractivity contribution in [2.24, 2.45) is 17.3 Å². The van der Waals surface area contributed by atoms with E-state index in [1.807, 2.05) is 38.2 Å². The first-order valence-electron chi connectivity index (χ1n) is 12.8. The second-order valence-corrected chi connectivity index (χ2v) is 12.3. The molecule has 37 heavy (non-hydrogen) atoms. The Morgan fingerprint density at radius 2 is 1.86 bits per heavy atom. The number of piperidine rings is 1. The summed E-state index contributed by atoms with van der Waals surface area (Å²) in [6, 6.07) is 5.89. The van der Waals surface area contributed by atoms with Gasteiger partial charge in [-0.2, -0.15) is 5.10 Å². The van der Waals surface area contributed by atoms with Crippen LogP contribution in [0.15, 0.2) is 30.7 Å². The highest BCUT2D eigenvalue weighted by Crippen LogP contribution is 2.63. The maximum absolute atomic E-state index is 12.9. The molecule has 3 unspecified atom stereocenters. The minimum atomic E-state index is -0.234. The molecular formula is C28H32ClN5O3. The number of imide groups is 1. The summed E-state index contributed by atoms with van der Waals surface area (Å²) in [5.41, 5.74) is 5.08. The van der Waals surface area contributed by atoms with E-state index in [9.17, 15) is 9.59 Å². The Hall–Kier alpha value is -2.81. The maximum atomic E-state index is 12.9. The van der Waals surface area contributed by atoms with Gasteiger partial charge in [0.05, 0.1) is 41.3 Å². The summed E-state index contributed by atoms with van der Waals surface area (Å²) in [6.45, 7) is 12.1. The molecule has 194 valence electrons. The number of carbonyl (C=O) groups excluding carboxylic acids is 2. The molecule has 2 aromatic heterocycles. The van der Waals surface area contributed by atoms with Crippen molar-refractivity contribution >= 4 is 28.9 Å². The highest BCUT2D eigenvalue weighted by atomic mass is 35.5. The predicted octanol–water partition coefficient (Wildman–Crippen LogP) is 3.81. The van der Waals surface area contributed by atoms with Gasteiger partial charge in [-0.1, -0.05) is 25.4 Å². The van der Waals surface area contributed by atoms with Gasteiger partial charge in [0, 0.05) is 36.3 Å². The highest BCUT2D eigenvalue weighted by Gasteiger charge is 2.72. The highest BCUT2D eigenvalue weighted by molar-refractivity contribution is 6.31. The summed E-state index contributed by atoms with van der Waals surface area (Å²) in [5, 5.41) is 8.52. The van der Waals surface area contributed by atoms with Crippen LogP contribution in [0.25, 0.3) is 16.8 Å². The van der Waals surface area contributed by atoms with E-state index >= 15 is 0 Å². The molecule has 6 rings (SSSR count). The molecular weight excluding hydrogens is 490 g/mol. The first-order chi connectivity index (χ1) is 17.5. The lowest BCUT2D eigenvalue weighted by Gasteiger charge is -2.37. The zero-order valence-electron chi connectivity index (χ0n) is 21.8. The molecule has 0 bridgehead atoms. The third-order valence-corrected chi connectivity index (χ3v) is 8.45. The molecule has 2 aliphatic heterocycles. The fourth-order valence-electron chi connectivity index (χ4n) is 6.29. The Balaban J connectivity index is 1.34. The lowest BCUT2D eigenvalue weighted by Crippen LogP contribution is -2.51. The van der Waals surface area contributed by atoms with Crippen molar-refractivity contribution in [1.82, 2.24) is 24.8 Å². The number of benzene rings is 1. The minimum Gasteiger partial charge on any atom is -0.369 e. The number of ether oxygens (including phenoxy) is 1. The van der Waals surface area contributed by atoms with Crippen molar-refractivity contribution in [3.8, 4) is 11.3 Å². The quantitative estimate of drug-likeness (QED) is 0.514. The Morgan fingerprint density at radius 3 is 2.57 bits per heavy atom. The second kappa shape index (κ2) is 8.35. The molecule has 2 saturated heterocycles. The zero-order chi connectivity index (χ0) is 26.3. The van der Waals surface area contributed by atoms with Crippen LogP contribution in [0.1, 0.15) is 44.4 Å². The molecule has 1 N–H and O–H groups in total. The number of amides is 2. The van der Waals surface area contributed by atoms with Crippen molar-refractivity contribution in [2.75, 3.05) is 13.1 Å². The van der Waals surface area contributed by atoms with Gasteiger partial charge in [-0.25, -0.2) is 9.50 Å². The molecule has 1 saturated carbocycles. The lowest BCUT2D eigenvalue weighted by atomic mass is 9.93. The number of fused-ring (bicyclic) bond motifs is 2. The van der Waals surface area contributed by atoms with Crippen molar-refractivity contribution in [1.29, 1.82) is 0 Å². The van der Waals surface area contributed by atoms with Gasteiger partial charge in [-0.05, 0) is 61.1 Å². The van der Waals surface area contributed by atoms with Gasteiger partial charge in [0.1, 0.15) is 6.33 Å². The summed E-state index contributed by atoms with van der Waals surface area (Å²) in [5.74, 6) is -0.520. The SMILES string of the molecule is Cc1cc(Cl)cc(-c2ncnn3cc(CN4C(=O)C5C(C4=O)C5(C)C)cc23)c1CC1CNCC(C)(C)O1. The molecule has 3 aromatic rings. The Bertz CT molecular complexity index is 1420. The molecule has 3 aliphatic rings. The van der Waals surface area contributed by atoms with Crippen LogP contribution >= 0.6 is 11.6 Å². The zero-order valence-corrected chi connectivity index (χ0v) is 22.6. The standard InChI is InChI=1S/C28H32ClN5O3/c1-15-6-17(29)8-20(19(15)9-18-10-30-13-27(2,3)37-18)24-21-7-16(12-34(21)32-14-31-24)11-33-25(35)22-23(26(33)36)28(22,4)5/h6-8,12,14,18,22-23,30H,9-11,13H2,1-5H3. The van der Waals surface area contributed by atoms with Crippen LogP contribution < -0.4 is 5.32 Å². The number of nitrogens with zero attached hydrogens (tertiary/aromatic N) is 4. The molecule has 1 aliphatic carbocycles. The summed E-state index contributed by atoms with van der Waals surface area (Å²) < 4.78 is 8.12. The molecule has 4 heterocycles. The number of morpholine rings is 1. The van der Waals surface area contributed by atoms with Crippen molar-refractivity contribution in [3.05, 3.63) is 52.4 Å². The first-order valence-corrected chi connectivity index (χ1v) is 13.2. The van der Waals surface area contributed by atoms with Gasteiger partial charge < -0.3 is 10.1 Å². The van der Waals surface area contributed by atoms with Gasteiger partial charge in [-0.3, -0.25) is 14.5 Å². The van der Waals surface area contributed by atoms with Gasteiger partial charge in [0.15, 0.2) is 0 Å². The van der Waals surface area contributed by atoms with Crippen LogP contribution in [0.5, 0.6) is 0 Å².